The molecule has 0 aliphatic rings. The van der Waals surface area contributed by atoms with Crippen molar-refractivity contribution in [1.82, 2.24) is 0 Å². The third-order valence-corrected chi connectivity index (χ3v) is 3.17. The van der Waals surface area contributed by atoms with Gasteiger partial charge in [-0.2, -0.15) is 13.2 Å². The van der Waals surface area contributed by atoms with Gasteiger partial charge in [-0.25, -0.2) is 0 Å². The molecule has 112 valence electrons. The molecule has 2 atom stereocenters. The van der Waals surface area contributed by atoms with E-state index in [1.165, 1.54) is 12.1 Å². The highest BCUT2D eigenvalue weighted by molar-refractivity contribution is 5.78. The Morgan fingerprint density at radius 1 is 1.25 bits per heavy atom. The zero-order valence-corrected chi connectivity index (χ0v) is 11.6. The smallest absolute Gasteiger partial charge is 0.392 e. The summed E-state index contributed by atoms with van der Waals surface area (Å²) in [7, 11) is 0. The fraction of sp³-hybridized carbons (Fsp3) is 0.533. The molecule has 0 saturated heterocycles. The molecule has 20 heavy (non-hydrogen) atoms. The molecule has 0 spiro atoms. The number of hydrogen-bond acceptors (Lipinski definition) is 2. The molecule has 2 unspecified atom stereocenters. The fourth-order valence-electron chi connectivity index (χ4n) is 1.89. The first kappa shape index (κ1) is 16.5. The maximum Gasteiger partial charge on any atom is 0.392 e. The summed E-state index contributed by atoms with van der Waals surface area (Å²) in [4.78, 5) is 12.0. The molecule has 0 amide bonds. The van der Waals surface area contributed by atoms with Crippen LogP contribution >= 0.6 is 0 Å². The van der Waals surface area contributed by atoms with E-state index in [-0.39, 0.29) is 6.61 Å². The zero-order chi connectivity index (χ0) is 15.2. The Hall–Kier alpha value is -1.52. The predicted octanol–water partition coefficient (Wildman–Crippen LogP) is 4.31. The summed E-state index contributed by atoms with van der Waals surface area (Å²) in [5, 5.41) is 0. The highest BCUT2D eigenvalue weighted by Crippen LogP contribution is 2.38. The average Bonchev–Trinajstić information content (AvgIpc) is 2.39. The normalized spacial score (nSPS) is 14.7. The summed E-state index contributed by atoms with van der Waals surface area (Å²) in [6.07, 6.45) is -2.98. The minimum Gasteiger partial charge on any atom is -0.465 e. The molecule has 0 N–H and O–H groups in total. The molecule has 0 radical (unpaired) electrons. The number of alkyl halides is 3. The summed E-state index contributed by atoms with van der Waals surface area (Å²) < 4.78 is 43.8. The van der Waals surface area contributed by atoms with Crippen molar-refractivity contribution < 1.29 is 22.7 Å². The molecule has 0 aromatic heterocycles. The minimum absolute atomic E-state index is 0.156. The van der Waals surface area contributed by atoms with Crippen LogP contribution in [0.4, 0.5) is 13.2 Å². The molecule has 1 rings (SSSR count). The van der Waals surface area contributed by atoms with Gasteiger partial charge >= 0.3 is 12.1 Å². The number of unbranched alkanes of at least 4 members (excludes halogenated alkanes) is 1. The molecular formula is C15H19F3O2. The second kappa shape index (κ2) is 7.31. The first-order valence-electron chi connectivity index (χ1n) is 6.66. The van der Waals surface area contributed by atoms with Crippen molar-refractivity contribution in [2.24, 2.45) is 5.92 Å². The van der Waals surface area contributed by atoms with Crippen LogP contribution < -0.4 is 0 Å². The van der Waals surface area contributed by atoms with Gasteiger partial charge in [-0.05, 0) is 12.0 Å². The van der Waals surface area contributed by atoms with E-state index in [9.17, 15) is 18.0 Å². The average molecular weight is 288 g/mol. The minimum atomic E-state index is -4.44. The summed E-state index contributed by atoms with van der Waals surface area (Å²) in [6, 6.07) is 7.97. The van der Waals surface area contributed by atoms with Crippen LogP contribution in [0.3, 0.4) is 0 Å². The zero-order valence-electron chi connectivity index (χ0n) is 11.6. The number of esters is 1. The van der Waals surface area contributed by atoms with E-state index in [1.807, 2.05) is 6.92 Å². The van der Waals surface area contributed by atoms with Crippen LogP contribution in [-0.4, -0.2) is 18.8 Å². The van der Waals surface area contributed by atoms with Gasteiger partial charge in [0.25, 0.3) is 0 Å². The van der Waals surface area contributed by atoms with Crippen molar-refractivity contribution in [3.63, 3.8) is 0 Å². The highest BCUT2D eigenvalue weighted by Gasteiger charge is 2.45. The lowest BCUT2D eigenvalue weighted by Crippen LogP contribution is -2.32. The Labute approximate surface area is 116 Å². The molecule has 0 aliphatic heterocycles. The van der Waals surface area contributed by atoms with E-state index >= 15 is 0 Å². The van der Waals surface area contributed by atoms with Crippen LogP contribution in [0.2, 0.25) is 0 Å². The molecular weight excluding hydrogens is 269 g/mol. The molecule has 0 fully saturated rings. The fourth-order valence-corrected chi connectivity index (χ4v) is 1.89. The van der Waals surface area contributed by atoms with Gasteiger partial charge in [-0.1, -0.05) is 50.6 Å². The third-order valence-electron chi connectivity index (χ3n) is 3.17. The van der Waals surface area contributed by atoms with Gasteiger partial charge in [-0.3, -0.25) is 4.79 Å². The first-order valence-corrected chi connectivity index (χ1v) is 6.66. The van der Waals surface area contributed by atoms with Crippen molar-refractivity contribution in [1.29, 1.82) is 0 Å². The van der Waals surface area contributed by atoms with Crippen molar-refractivity contribution in [3.8, 4) is 0 Å². The molecule has 5 heteroatoms. The van der Waals surface area contributed by atoms with Crippen LogP contribution in [0.25, 0.3) is 0 Å². The van der Waals surface area contributed by atoms with Crippen LogP contribution in [0.15, 0.2) is 30.3 Å². The molecule has 0 aliphatic carbocycles. The van der Waals surface area contributed by atoms with E-state index < -0.39 is 24.0 Å². The van der Waals surface area contributed by atoms with Gasteiger partial charge in [0, 0.05) is 0 Å². The topological polar surface area (TPSA) is 26.3 Å². The molecule has 0 heterocycles. The van der Waals surface area contributed by atoms with E-state index in [4.69, 9.17) is 4.74 Å². The number of rotatable bonds is 6. The van der Waals surface area contributed by atoms with Gasteiger partial charge in [0.15, 0.2) is 0 Å². The Kier molecular flexibility index (Phi) is 6.05. The Morgan fingerprint density at radius 2 is 1.85 bits per heavy atom. The number of halogens is 3. The number of carbonyl (C=O) groups is 1. The van der Waals surface area contributed by atoms with Crippen molar-refractivity contribution in [2.75, 3.05) is 6.61 Å². The molecule has 0 bridgehead atoms. The van der Waals surface area contributed by atoms with Crippen molar-refractivity contribution in [2.45, 2.75) is 38.8 Å². The molecule has 2 nitrogen and oxygen atoms in total. The lowest BCUT2D eigenvalue weighted by atomic mass is 9.87. The SMILES string of the molecule is CCCCOC(=O)C(c1ccccc1)C(C)C(F)(F)F. The van der Waals surface area contributed by atoms with Crippen LogP contribution in [0, 0.1) is 5.92 Å². The second-order valence-electron chi connectivity index (χ2n) is 4.74. The van der Waals surface area contributed by atoms with Crippen molar-refractivity contribution >= 4 is 5.97 Å². The molecule has 1 aromatic carbocycles. The van der Waals surface area contributed by atoms with E-state index in [0.29, 0.717) is 12.0 Å². The van der Waals surface area contributed by atoms with E-state index in [2.05, 4.69) is 0 Å². The largest absolute Gasteiger partial charge is 0.465 e. The van der Waals surface area contributed by atoms with Gasteiger partial charge < -0.3 is 4.74 Å². The lowest BCUT2D eigenvalue weighted by molar-refractivity contribution is -0.185. The van der Waals surface area contributed by atoms with Gasteiger partial charge in [0.2, 0.25) is 0 Å². The van der Waals surface area contributed by atoms with E-state index in [0.717, 1.165) is 13.3 Å². The maximum atomic E-state index is 12.9. The first-order chi connectivity index (χ1) is 9.38. The number of ether oxygens (including phenoxy) is 1. The Morgan fingerprint density at radius 3 is 2.35 bits per heavy atom. The summed E-state index contributed by atoms with van der Waals surface area (Å²) in [5.41, 5.74) is 0.332. The number of carbonyl (C=O) groups excluding carboxylic acids is 1. The van der Waals surface area contributed by atoms with Gasteiger partial charge in [0.05, 0.1) is 18.4 Å². The Bertz CT molecular complexity index is 415. The maximum absolute atomic E-state index is 12.9. The summed E-state index contributed by atoms with van der Waals surface area (Å²) >= 11 is 0. The standard InChI is InChI=1S/C15H19F3O2/c1-3-4-10-20-14(19)13(11(2)15(16,17)18)12-8-6-5-7-9-12/h5-9,11,13H,3-4,10H2,1-2H3. The molecule has 1 aromatic rings. The monoisotopic (exact) mass is 288 g/mol. The van der Waals surface area contributed by atoms with Gasteiger partial charge in [0.1, 0.15) is 0 Å². The lowest BCUT2D eigenvalue weighted by Gasteiger charge is -2.25. The third kappa shape index (κ3) is 4.54. The number of benzene rings is 1. The van der Waals surface area contributed by atoms with Crippen LogP contribution in [0.1, 0.15) is 38.2 Å². The van der Waals surface area contributed by atoms with Crippen LogP contribution in [-0.2, 0) is 9.53 Å². The highest BCUT2D eigenvalue weighted by atomic mass is 19.4. The van der Waals surface area contributed by atoms with Crippen LogP contribution in [0.5, 0.6) is 0 Å². The quantitative estimate of drug-likeness (QED) is 0.576. The van der Waals surface area contributed by atoms with E-state index in [1.54, 1.807) is 18.2 Å². The van der Waals surface area contributed by atoms with Crippen molar-refractivity contribution in [3.05, 3.63) is 35.9 Å². The number of hydrogen-bond donors (Lipinski definition) is 0. The Balaban J connectivity index is 2.93. The second-order valence-corrected chi connectivity index (χ2v) is 4.74. The molecule has 0 saturated carbocycles. The summed E-state index contributed by atoms with van der Waals surface area (Å²) in [6.45, 7) is 3.09. The summed E-state index contributed by atoms with van der Waals surface area (Å²) in [5.74, 6) is -3.90. The predicted molar refractivity (Wildman–Crippen MR) is 70.3 cm³/mol. The van der Waals surface area contributed by atoms with Gasteiger partial charge in [-0.15, -0.1) is 0 Å².